The van der Waals surface area contributed by atoms with E-state index in [0.717, 1.165) is 6.42 Å². The SMILES string of the molecule is CC(COCc1c[nH]c(=O)[nH]c1=O)Cc1ccccc1. The molecule has 2 aromatic rings. The Morgan fingerprint density at radius 2 is 1.95 bits per heavy atom. The predicted molar refractivity (Wildman–Crippen MR) is 76.6 cm³/mol. The van der Waals surface area contributed by atoms with Gasteiger partial charge in [-0.25, -0.2) is 4.79 Å². The van der Waals surface area contributed by atoms with E-state index in [2.05, 4.69) is 29.0 Å². The molecule has 1 unspecified atom stereocenters. The number of hydrogen-bond donors (Lipinski definition) is 2. The van der Waals surface area contributed by atoms with Crippen LogP contribution in [0.4, 0.5) is 0 Å². The van der Waals surface area contributed by atoms with Crippen LogP contribution in [0.5, 0.6) is 0 Å². The van der Waals surface area contributed by atoms with E-state index in [1.807, 2.05) is 18.2 Å². The van der Waals surface area contributed by atoms with Gasteiger partial charge in [0.25, 0.3) is 5.56 Å². The summed E-state index contributed by atoms with van der Waals surface area (Å²) in [4.78, 5) is 26.9. The lowest BCUT2D eigenvalue weighted by atomic mass is 10.0. The first kappa shape index (κ1) is 14.3. The summed E-state index contributed by atoms with van der Waals surface area (Å²) in [5.74, 6) is 0.360. The molecule has 1 atom stereocenters. The maximum absolute atomic E-state index is 11.5. The van der Waals surface area contributed by atoms with Crippen molar-refractivity contribution in [2.45, 2.75) is 20.0 Å². The van der Waals surface area contributed by atoms with Crippen LogP contribution in [0.2, 0.25) is 0 Å². The molecule has 0 amide bonds. The van der Waals surface area contributed by atoms with Crippen molar-refractivity contribution in [2.75, 3.05) is 6.61 Å². The van der Waals surface area contributed by atoms with Gasteiger partial charge in [0.15, 0.2) is 0 Å². The van der Waals surface area contributed by atoms with E-state index in [1.165, 1.54) is 11.8 Å². The van der Waals surface area contributed by atoms with E-state index in [-0.39, 0.29) is 6.61 Å². The summed E-state index contributed by atoms with van der Waals surface area (Å²) >= 11 is 0. The van der Waals surface area contributed by atoms with Crippen LogP contribution in [0.3, 0.4) is 0 Å². The Morgan fingerprint density at radius 3 is 2.65 bits per heavy atom. The topological polar surface area (TPSA) is 75.0 Å². The van der Waals surface area contributed by atoms with Gasteiger partial charge in [0.1, 0.15) is 0 Å². The third-order valence-corrected chi connectivity index (χ3v) is 2.98. The van der Waals surface area contributed by atoms with Crippen molar-refractivity contribution >= 4 is 0 Å². The van der Waals surface area contributed by atoms with Gasteiger partial charge in [-0.2, -0.15) is 0 Å². The molecule has 0 aliphatic carbocycles. The largest absolute Gasteiger partial charge is 0.376 e. The number of nitrogens with one attached hydrogen (secondary N) is 2. The number of H-pyrrole nitrogens is 2. The third-order valence-electron chi connectivity index (χ3n) is 2.98. The Kier molecular flexibility index (Phi) is 4.90. The minimum absolute atomic E-state index is 0.200. The van der Waals surface area contributed by atoms with Crippen LogP contribution >= 0.6 is 0 Å². The van der Waals surface area contributed by atoms with Gasteiger partial charge in [0.05, 0.1) is 12.2 Å². The average Bonchev–Trinajstić information content (AvgIpc) is 2.42. The summed E-state index contributed by atoms with van der Waals surface area (Å²) in [6.45, 7) is 2.86. The summed E-state index contributed by atoms with van der Waals surface area (Å²) in [5.41, 5.74) is 0.794. The molecule has 0 saturated carbocycles. The second-order valence-electron chi connectivity index (χ2n) is 4.91. The molecule has 1 aromatic heterocycles. The molecule has 2 N–H and O–H groups in total. The average molecular weight is 274 g/mol. The van der Waals surface area contributed by atoms with Crippen LogP contribution in [0.1, 0.15) is 18.1 Å². The minimum Gasteiger partial charge on any atom is -0.376 e. The van der Waals surface area contributed by atoms with Gasteiger partial charge in [-0.05, 0) is 17.9 Å². The molecule has 0 radical (unpaired) electrons. The first-order chi connectivity index (χ1) is 9.65. The molecule has 20 heavy (non-hydrogen) atoms. The number of aromatic nitrogens is 2. The zero-order valence-corrected chi connectivity index (χ0v) is 11.4. The second kappa shape index (κ2) is 6.86. The first-order valence-corrected chi connectivity index (χ1v) is 6.57. The van der Waals surface area contributed by atoms with Crippen molar-refractivity contribution in [3.63, 3.8) is 0 Å². The maximum atomic E-state index is 11.5. The molecule has 1 aromatic carbocycles. The molecular weight excluding hydrogens is 256 g/mol. The van der Waals surface area contributed by atoms with Crippen molar-refractivity contribution in [3.05, 3.63) is 68.5 Å². The van der Waals surface area contributed by atoms with E-state index in [0.29, 0.717) is 18.1 Å². The summed E-state index contributed by atoms with van der Waals surface area (Å²) in [6, 6.07) is 10.2. The molecule has 0 aliphatic heterocycles. The van der Waals surface area contributed by atoms with Crippen molar-refractivity contribution in [1.29, 1.82) is 0 Å². The summed E-state index contributed by atoms with van der Waals surface area (Å²) in [6.07, 6.45) is 2.33. The molecule has 106 valence electrons. The van der Waals surface area contributed by atoms with Crippen molar-refractivity contribution in [3.8, 4) is 0 Å². The monoisotopic (exact) mass is 274 g/mol. The molecular formula is C15H18N2O3. The summed E-state index contributed by atoms with van der Waals surface area (Å²) in [7, 11) is 0. The van der Waals surface area contributed by atoms with Crippen molar-refractivity contribution in [2.24, 2.45) is 5.92 Å². The van der Waals surface area contributed by atoms with E-state index in [4.69, 9.17) is 4.74 Å². The lowest BCUT2D eigenvalue weighted by Crippen LogP contribution is -2.25. The number of rotatable bonds is 6. The third kappa shape index (κ3) is 4.20. The summed E-state index contributed by atoms with van der Waals surface area (Å²) in [5, 5.41) is 0. The van der Waals surface area contributed by atoms with Gasteiger partial charge in [0.2, 0.25) is 0 Å². The Bertz CT molecular complexity index is 646. The van der Waals surface area contributed by atoms with Crippen LogP contribution in [0.15, 0.2) is 46.1 Å². The highest BCUT2D eigenvalue weighted by atomic mass is 16.5. The minimum atomic E-state index is -0.504. The van der Waals surface area contributed by atoms with Crippen molar-refractivity contribution in [1.82, 2.24) is 9.97 Å². The molecule has 0 bridgehead atoms. The van der Waals surface area contributed by atoms with Gasteiger partial charge >= 0.3 is 5.69 Å². The van der Waals surface area contributed by atoms with Crippen LogP contribution < -0.4 is 11.2 Å². The fourth-order valence-electron chi connectivity index (χ4n) is 1.99. The van der Waals surface area contributed by atoms with E-state index < -0.39 is 11.2 Å². The number of ether oxygens (including phenoxy) is 1. The molecule has 1 heterocycles. The number of hydrogen-bond acceptors (Lipinski definition) is 3. The fourth-order valence-corrected chi connectivity index (χ4v) is 1.99. The van der Waals surface area contributed by atoms with Gasteiger partial charge in [0, 0.05) is 12.8 Å². The smallest absolute Gasteiger partial charge is 0.325 e. The van der Waals surface area contributed by atoms with E-state index >= 15 is 0 Å². The molecule has 5 nitrogen and oxygen atoms in total. The van der Waals surface area contributed by atoms with Crippen LogP contribution in [0.25, 0.3) is 0 Å². The highest BCUT2D eigenvalue weighted by molar-refractivity contribution is 5.15. The highest BCUT2D eigenvalue weighted by Crippen LogP contribution is 2.08. The Labute approximate surface area is 116 Å². The Hall–Kier alpha value is -2.14. The van der Waals surface area contributed by atoms with Crippen LogP contribution in [0, 0.1) is 5.92 Å². The predicted octanol–water partition coefficient (Wildman–Crippen LogP) is 1.46. The van der Waals surface area contributed by atoms with Gasteiger partial charge in [-0.3, -0.25) is 9.78 Å². The van der Waals surface area contributed by atoms with Crippen LogP contribution in [-0.2, 0) is 17.8 Å². The normalized spacial score (nSPS) is 12.2. The number of aromatic amines is 2. The maximum Gasteiger partial charge on any atom is 0.325 e. The lowest BCUT2D eigenvalue weighted by molar-refractivity contribution is 0.0912. The Balaban J connectivity index is 1.81. The van der Waals surface area contributed by atoms with Gasteiger partial charge in [-0.15, -0.1) is 0 Å². The molecule has 2 rings (SSSR count). The summed E-state index contributed by atoms with van der Waals surface area (Å²) < 4.78 is 5.53. The highest BCUT2D eigenvalue weighted by Gasteiger charge is 2.05. The van der Waals surface area contributed by atoms with E-state index in [1.54, 1.807) is 0 Å². The lowest BCUT2D eigenvalue weighted by Gasteiger charge is -2.11. The zero-order valence-electron chi connectivity index (χ0n) is 11.4. The quantitative estimate of drug-likeness (QED) is 0.837. The second-order valence-corrected chi connectivity index (χ2v) is 4.91. The molecule has 0 saturated heterocycles. The molecule has 0 fully saturated rings. The number of benzene rings is 1. The van der Waals surface area contributed by atoms with Gasteiger partial charge in [-0.1, -0.05) is 37.3 Å². The van der Waals surface area contributed by atoms with Crippen LogP contribution in [-0.4, -0.2) is 16.6 Å². The van der Waals surface area contributed by atoms with Gasteiger partial charge < -0.3 is 9.72 Å². The molecule has 5 heteroatoms. The zero-order chi connectivity index (χ0) is 14.4. The fraction of sp³-hybridized carbons (Fsp3) is 0.333. The standard InChI is InChI=1S/C15H18N2O3/c1-11(7-12-5-3-2-4-6-12)9-20-10-13-8-16-15(19)17-14(13)18/h2-6,8,11H,7,9-10H2,1H3,(H2,16,17,18,19). The molecule has 0 spiro atoms. The first-order valence-electron chi connectivity index (χ1n) is 6.57. The van der Waals surface area contributed by atoms with E-state index in [9.17, 15) is 9.59 Å². The van der Waals surface area contributed by atoms with Crippen molar-refractivity contribution < 1.29 is 4.74 Å². The Morgan fingerprint density at radius 1 is 1.20 bits per heavy atom. The molecule has 0 aliphatic rings.